The predicted molar refractivity (Wildman–Crippen MR) is 129 cm³/mol. The van der Waals surface area contributed by atoms with Crippen LogP contribution >= 0.6 is 34.5 Å². The van der Waals surface area contributed by atoms with E-state index in [1.54, 1.807) is 43.5 Å². The van der Waals surface area contributed by atoms with Crippen molar-refractivity contribution in [1.82, 2.24) is 10.2 Å². The Kier molecular flexibility index (Phi) is 7.82. The number of carbonyl (C=O) groups excluding carboxylic acids is 1. The third-order valence-electron chi connectivity index (χ3n) is 4.92. The Hall–Kier alpha value is -2.65. The second-order valence-electron chi connectivity index (χ2n) is 7.17. The fraction of sp³-hybridized carbons (Fsp3) is 0.261. The minimum absolute atomic E-state index is 0.0224. The number of hydrogen-bond donors (Lipinski definition) is 1. The molecule has 4 rings (SSSR count). The van der Waals surface area contributed by atoms with E-state index in [9.17, 15) is 4.79 Å². The van der Waals surface area contributed by atoms with Crippen molar-refractivity contribution in [3.05, 3.63) is 68.7 Å². The zero-order valence-electron chi connectivity index (χ0n) is 17.7. The molecule has 1 aromatic heterocycles. The summed E-state index contributed by atoms with van der Waals surface area (Å²) >= 11 is 13.7. The lowest BCUT2D eigenvalue weighted by Crippen LogP contribution is -2.07. The van der Waals surface area contributed by atoms with Crippen molar-refractivity contribution in [2.75, 3.05) is 19.0 Å². The average Bonchev–Trinajstić information content (AvgIpc) is 3.50. The van der Waals surface area contributed by atoms with Gasteiger partial charge in [0.1, 0.15) is 17.7 Å². The molecule has 2 heterocycles. The van der Waals surface area contributed by atoms with Crippen molar-refractivity contribution in [2.24, 2.45) is 0 Å². The first-order chi connectivity index (χ1) is 16.0. The Balaban J connectivity index is 1.37. The maximum atomic E-state index is 12.3. The number of amides is 1. The van der Waals surface area contributed by atoms with E-state index in [1.807, 2.05) is 6.07 Å². The van der Waals surface area contributed by atoms with Crippen LogP contribution in [0.25, 0.3) is 6.08 Å². The monoisotopic (exact) mass is 505 g/mol. The van der Waals surface area contributed by atoms with Crippen LogP contribution in [0.15, 0.2) is 42.5 Å². The Morgan fingerprint density at radius 3 is 2.79 bits per heavy atom. The van der Waals surface area contributed by atoms with Gasteiger partial charge in [-0.2, -0.15) is 0 Å². The maximum absolute atomic E-state index is 12.3. The number of hydrogen-bond acceptors (Lipinski definition) is 7. The van der Waals surface area contributed by atoms with Crippen LogP contribution in [0.4, 0.5) is 5.13 Å². The molecule has 1 unspecified atom stereocenters. The van der Waals surface area contributed by atoms with Crippen molar-refractivity contribution in [1.29, 1.82) is 0 Å². The Bertz CT molecular complexity index is 1140. The van der Waals surface area contributed by atoms with E-state index in [2.05, 4.69) is 15.5 Å². The summed E-state index contributed by atoms with van der Waals surface area (Å²) < 4.78 is 16.9. The highest BCUT2D eigenvalue weighted by Gasteiger charge is 2.22. The van der Waals surface area contributed by atoms with E-state index in [0.717, 1.165) is 30.0 Å². The number of aromatic nitrogens is 2. The van der Waals surface area contributed by atoms with Crippen LogP contribution in [0.1, 0.15) is 35.1 Å². The van der Waals surface area contributed by atoms with Crippen LogP contribution in [0.3, 0.4) is 0 Å². The summed E-state index contributed by atoms with van der Waals surface area (Å²) in [5, 5.41) is 13.1. The molecule has 1 amide bonds. The van der Waals surface area contributed by atoms with Gasteiger partial charge in [-0.15, -0.1) is 10.2 Å². The molecule has 0 radical (unpaired) electrons. The maximum Gasteiger partial charge on any atom is 0.250 e. The topological polar surface area (TPSA) is 82.6 Å². The van der Waals surface area contributed by atoms with Crippen molar-refractivity contribution < 1.29 is 19.0 Å². The van der Waals surface area contributed by atoms with Crippen LogP contribution in [0.5, 0.6) is 11.5 Å². The second-order valence-corrected chi connectivity index (χ2v) is 8.99. The molecule has 0 bridgehead atoms. The summed E-state index contributed by atoms with van der Waals surface area (Å²) in [5.74, 6) is 0.745. The summed E-state index contributed by atoms with van der Waals surface area (Å²) in [6, 6.07) is 10.6. The highest BCUT2D eigenvalue weighted by molar-refractivity contribution is 7.15. The van der Waals surface area contributed by atoms with Crippen LogP contribution in [0, 0.1) is 0 Å². The van der Waals surface area contributed by atoms with Crippen LogP contribution < -0.4 is 14.8 Å². The first-order valence-electron chi connectivity index (χ1n) is 10.2. The number of nitrogens with one attached hydrogen (secondary N) is 1. The second kappa shape index (κ2) is 11.0. The van der Waals surface area contributed by atoms with Gasteiger partial charge in [0.15, 0.2) is 11.5 Å². The molecule has 33 heavy (non-hydrogen) atoms. The number of rotatable bonds is 8. The Morgan fingerprint density at radius 2 is 2.06 bits per heavy atom. The van der Waals surface area contributed by atoms with E-state index in [0.29, 0.717) is 32.2 Å². The van der Waals surface area contributed by atoms with Gasteiger partial charge in [0.2, 0.25) is 11.0 Å². The van der Waals surface area contributed by atoms with Gasteiger partial charge < -0.3 is 14.2 Å². The number of nitrogens with zero attached hydrogens (tertiary/aromatic N) is 2. The number of methoxy groups -OCH3 is 1. The molecule has 172 valence electrons. The number of halogens is 2. The number of ether oxygens (including phenoxy) is 3. The summed E-state index contributed by atoms with van der Waals surface area (Å²) in [5.41, 5.74) is 1.46. The largest absolute Gasteiger partial charge is 0.493 e. The smallest absolute Gasteiger partial charge is 0.250 e. The van der Waals surface area contributed by atoms with Crippen molar-refractivity contribution in [3.63, 3.8) is 0 Å². The van der Waals surface area contributed by atoms with Gasteiger partial charge in [-0.25, -0.2) is 0 Å². The zero-order valence-corrected chi connectivity index (χ0v) is 20.0. The van der Waals surface area contributed by atoms with Gasteiger partial charge >= 0.3 is 0 Å². The van der Waals surface area contributed by atoms with Crippen molar-refractivity contribution >= 4 is 51.7 Å². The highest BCUT2D eigenvalue weighted by Crippen LogP contribution is 2.33. The van der Waals surface area contributed by atoms with E-state index in [-0.39, 0.29) is 18.6 Å². The predicted octanol–water partition coefficient (Wildman–Crippen LogP) is 5.94. The molecule has 0 spiro atoms. The lowest BCUT2D eigenvalue weighted by molar-refractivity contribution is -0.111. The van der Waals surface area contributed by atoms with Crippen LogP contribution in [0.2, 0.25) is 10.0 Å². The van der Waals surface area contributed by atoms with E-state index >= 15 is 0 Å². The summed E-state index contributed by atoms with van der Waals surface area (Å²) in [6.07, 6.45) is 5.01. The molecule has 10 heteroatoms. The van der Waals surface area contributed by atoms with Crippen LogP contribution in [-0.4, -0.2) is 29.8 Å². The molecule has 0 saturated carbocycles. The van der Waals surface area contributed by atoms with E-state index in [4.69, 9.17) is 37.4 Å². The number of carbonyl (C=O) groups is 1. The molecule has 1 aliphatic heterocycles. The van der Waals surface area contributed by atoms with E-state index in [1.165, 1.54) is 17.4 Å². The molecule has 1 fully saturated rings. The van der Waals surface area contributed by atoms with Gasteiger partial charge in [0.25, 0.3) is 0 Å². The zero-order chi connectivity index (χ0) is 23.2. The summed E-state index contributed by atoms with van der Waals surface area (Å²) in [6.45, 7) is 0.928. The minimum atomic E-state index is -0.308. The lowest BCUT2D eigenvalue weighted by atomic mass is 10.2. The lowest BCUT2D eigenvalue weighted by Gasteiger charge is -2.13. The SMILES string of the molecule is COc1cc(/C=C/C(=O)Nc2nnc(C3CCCO3)s2)ccc1OCc1c(Cl)cccc1Cl. The quantitative estimate of drug-likeness (QED) is 0.381. The van der Waals surface area contributed by atoms with Crippen molar-refractivity contribution in [3.8, 4) is 11.5 Å². The fourth-order valence-electron chi connectivity index (χ4n) is 3.23. The summed E-state index contributed by atoms with van der Waals surface area (Å²) in [7, 11) is 1.55. The fourth-order valence-corrected chi connectivity index (χ4v) is 4.57. The number of benzene rings is 2. The molecule has 3 aromatic rings. The average molecular weight is 506 g/mol. The minimum Gasteiger partial charge on any atom is -0.493 e. The van der Waals surface area contributed by atoms with Crippen LogP contribution in [-0.2, 0) is 16.1 Å². The molecule has 1 atom stereocenters. The van der Waals surface area contributed by atoms with Gasteiger partial charge in [-0.05, 0) is 48.7 Å². The highest BCUT2D eigenvalue weighted by atomic mass is 35.5. The Morgan fingerprint density at radius 1 is 1.24 bits per heavy atom. The third-order valence-corrected chi connectivity index (χ3v) is 6.56. The third kappa shape index (κ3) is 6.03. The summed E-state index contributed by atoms with van der Waals surface area (Å²) in [4.78, 5) is 12.3. The molecular weight excluding hydrogens is 485 g/mol. The van der Waals surface area contributed by atoms with E-state index < -0.39 is 0 Å². The molecule has 7 nitrogen and oxygen atoms in total. The first-order valence-corrected chi connectivity index (χ1v) is 11.8. The Labute approximate surface area is 205 Å². The molecule has 0 aliphatic carbocycles. The van der Waals surface area contributed by atoms with Gasteiger partial charge in [-0.3, -0.25) is 10.1 Å². The molecule has 1 N–H and O–H groups in total. The molecule has 1 aliphatic rings. The van der Waals surface area contributed by atoms with Gasteiger partial charge in [-0.1, -0.05) is 46.7 Å². The first kappa shape index (κ1) is 23.5. The molecule has 2 aromatic carbocycles. The van der Waals surface area contributed by atoms with Gasteiger partial charge in [0, 0.05) is 28.3 Å². The number of anilines is 1. The normalized spacial score (nSPS) is 15.7. The molecule has 1 saturated heterocycles. The standard InChI is InChI=1S/C23H21Cl2N3O4S/c1-30-20-12-14(7-9-18(20)32-13-15-16(24)4-2-5-17(15)25)8-10-21(29)26-23-28-27-22(33-23)19-6-3-11-31-19/h2,4-5,7-10,12,19H,3,6,11,13H2,1H3,(H,26,28,29)/b10-8+. The van der Waals surface area contributed by atoms with Crippen molar-refractivity contribution in [2.45, 2.75) is 25.6 Å². The molecular formula is C23H21Cl2N3O4S. The van der Waals surface area contributed by atoms with Gasteiger partial charge in [0.05, 0.1) is 7.11 Å².